The highest BCUT2D eigenvalue weighted by atomic mass is 16.6. The fraction of sp³-hybridized carbons (Fsp3) is 0.562. The SMILES string of the molecule is O=[N+]([O-])c1ccc(CN=C(NCC2CCCO2)NC2CC2)cc1. The van der Waals surface area contributed by atoms with E-state index in [1.165, 1.54) is 25.0 Å². The largest absolute Gasteiger partial charge is 0.376 e. The molecule has 124 valence electrons. The Balaban J connectivity index is 1.56. The van der Waals surface area contributed by atoms with Crippen LogP contribution in [-0.4, -0.2) is 36.2 Å². The predicted octanol–water partition coefficient (Wildman–Crippen LogP) is 1.97. The number of hydrogen-bond acceptors (Lipinski definition) is 4. The molecule has 1 aliphatic carbocycles. The van der Waals surface area contributed by atoms with Gasteiger partial charge in [-0.1, -0.05) is 12.1 Å². The van der Waals surface area contributed by atoms with Crippen LogP contribution in [0.5, 0.6) is 0 Å². The molecule has 7 nitrogen and oxygen atoms in total. The predicted molar refractivity (Wildman–Crippen MR) is 87.4 cm³/mol. The second-order valence-electron chi connectivity index (χ2n) is 6.02. The maximum absolute atomic E-state index is 10.7. The molecule has 1 heterocycles. The number of guanidine groups is 1. The third-order valence-corrected chi connectivity index (χ3v) is 4.01. The van der Waals surface area contributed by atoms with Gasteiger partial charge in [0.1, 0.15) is 0 Å². The molecule has 1 aromatic carbocycles. The first kappa shape index (κ1) is 15.7. The van der Waals surface area contributed by atoms with Crippen molar-refractivity contribution in [2.24, 2.45) is 4.99 Å². The van der Waals surface area contributed by atoms with Gasteiger partial charge in [-0.3, -0.25) is 10.1 Å². The highest BCUT2D eigenvalue weighted by molar-refractivity contribution is 5.80. The fourth-order valence-corrected chi connectivity index (χ4v) is 2.48. The van der Waals surface area contributed by atoms with Crippen LogP contribution < -0.4 is 10.6 Å². The first-order valence-corrected chi connectivity index (χ1v) is 8.10. The van der Waals surface area contributed by atoms with Crippen molar-refractivity contribution in [2.45, 2.75) is 44.4 Å². The van der Waals surface area contributed by atoms with Crippen LogP contribution in [0.3, 0.4) is 0 Å². The van der Waals surface area contributed by atoms with Crippen LogP contribution in [0.1, 0.15) is 31.2 Å². The van der Waals surface area contributed by atoms with E-state index in [2.05, 4.69) is 15.6 Å². The van der Waals surface area contributed by atoms with Crippen molar-refractivity contribution in [3.63, 3.8) is 0 Å². The molecule has 1 aliphatic heterocycles. The Hall–Kier alpha value is -2.15. The van der Waals surface area contributed by atoms with E-state index in [0.29, 0.717) is 12.6 Å². The highest BCUT2D eigenvalue weighted by Crippen LogP contribution is 2.18. The van der Waals surface area contributed by atoms with Gasteiger partial charge in [0.05, 0.1) is 17.6 Å². The summed E-state index contributed by atoms with van der Waals surface area (Å²) >= 11 is 0. The van der Waals surface area contributed by atoms with Gasteiger partial charge in [-0.25, -0.2) is 4.99 Å². The summed E-state index contributed by atoms with van der Waals surface area (Å²) < 4.78 is 5.61. The van der Waals surface area contributed by atoms with Crippen LogP contribution in [0.2, 0.25) is 0 Å². The fourth-order valence-electron chi connectivity index (χ4n) is 2.48. The molecule has 2 N–H and O–H groups in total. The summed E-state index contributed by atoms with van der Waals surface area (Å²) in [6.07, 6.45) is 4.83. The number of nitro benzene ring substituents is 1. The molecule has 0 bridgehead atoms. The zero-order valence-corrected chi connectivity index (χ0v) is 13.0. The van der Waals surface area contributed by atoms with Crippen molar-refractivity contribution < 1.29 is 9.66 Å². The van der Waals surface area contributed by atoms with Crippen LogP contribution in [0.4, 0.5) is 5.69 Å². The summed E-state index contributed by atoms with van der Waals surface area (Å²) in [7, 11) is 0. The first-order chi connectivity index (χ1) is 11.2. The number of benzene rings is 1. The van der Waals surface area contributed by atoms with Crippen molar-refractivity contribution in [3.8, 4) is 0 Å². The van der Waals surface area contributed by atoms with Crippen molar-refractivity contribution in [1.82, 2.24) is 10.6 Å². The Morgan fingerprint density at radius 2 is 2.09 bits per heavy atom. The van der Waals surface area contributed by atoms with E-state index in [0.717, 1.165) is 37.5 Å². The summed E-state index contributed by atoms with van der Waals surface area (Å²) in [5.41, 5.74) is 1.05. The van der Waals surface area contributed by atoms with Crippen LogP contribution >= 0.6 is 0 Å². The molecule has 1 unspecified atom stereocenters. The topological polar surface area (TPSA) is 88.8 Å². The quantitative estimate of drug-likeness (QED) is 0.362. The number of hydrogen-bond donors (Lipinski definition) is 2. The van der Waals surface area contributed by atoms with Gasteiger partial charge in [0.15, 0.2) is 5.96 Å². The minimum absolute atomic E-state index is 0.102. The Bertz CT molecular complexity index is 563. The lowest BCUT2D eigenvalue weighted by Crippen LogP contribution is -2.42. The minimum atomic E-state index is -0.393. The molecule has 3 rings (SSSR count). The number of ether oxygens (including phenoxy) is 1. The average molecular weight is 318 g/mol. The summed E-state index contributed by atoms with van der Waals surface area (Å²) in [4.78, 5) is 14.8. The third kappa shape index (κ3) is 4.92. The number of nitro groups is 1. The lowest BCUT2D eigenvalue weighted by molar-refractivity contribution is -0.384. The van der Waals surface area contributed by atoms with Crippen LogP contribution in [0.25, 0.3) is 0 Å². The number of non-ortho nitro benzene ring substituents is 1. The normalized spacial score (nSPS) is 21.2. The van der Waals surface area contributed by atoms with E-state index in [9.17, 15) is 10.1 Å². The van der Waals surface area contributed by atoms with Gasteiger partial charge in [0.25, 0.3) is 5.69 Å². The highest BCUT2D eigenvalue weighted by Gasteiger charge is 2.23. The second kappa shape index (κ2) is 7.41. The Kier molecular flexibility index (Phi) is 5.07. The van der Waals surface area contributed by atoms with Gasteiger partial charge >= 0.3 is 0 Å². The van der Waals surface area contributed by atoms with Crippen molar-refractivity contribution in [1.29, 1.82) is 0 Å². The van der Waals surface area contributed by atoms with Gasteiger partial charge < -0.3 is 15.4 Å². The third-order valence-electron chi connectivity index (χ3n) is 4.01. The molecule has 1 saturated carbocycles. The van der Waals surface area contributed by atoms with Crippen molar-refractivity contribution in [2.75, 3.05) is 13.2 Å². The van der Waals surface area contributed by atoms with Gasteiger partial charge in [-0.05, 0) is 31.2 Å². The molecule has 1 aromatic rings. The molecule has 0 amide bonds. The maximum atomic E-state index is 10.7. The van der Waals surface area contributed by atoms with Gasteiger partial charge in [0.2, 0.25) is 0 Å². The van der Waals surface area contributed by atoms with Crippen LogP contribution in [-0.2, 0) is 11.3 Å². The molecule has 2 aliphatic rings. The zero-order chi connectivity index (χ0) is 16.1. The first-order valence-electron chi connectivity index (χ1n) is 8.10. The number of rotatable bonds is 6. The summed E-state index contributed by atoms with van der Waals surface area (Å²) in [5, 5.41) is 17.4. The molecule has 2 fully saturated rings. The summed E-state index contributed by atoms with van der Waals surface area (Å²) in [6.45, 7) is 2.10. The maximum Gasteiger partial charge on any atom is 0.269 e. The van der Waals surface area contributed by atoms with E-state index in [1.54, 1.807) is 12.1 Å². The number of aliphatic imine (C=N–C) groups is 1. The van der Waals surface area contributed by atoms with E-state index < -0.39 is 4.92 Å². The van der Waals surface area contributed by atoms with E-state index in [4.69, 9.17) is 4.74 Å². The van der Waals surface area contributed by atoms with E-state index in [-0.39, 0.29) is 11.8 Å². The van der Waals surface area contributed by atoms with Crippen LogP contribution in [0.15, 0.2) is 29.3 Å². The lowest BCUT2D eigenvalue weighted by atomic mass is 10.2. The Morgan fingerprint density at radius 1 is 1.30 bits per heavy atom. The Labute approximate surface area is 135 Å². The van der Waals surface area contributed by atoms with Crippen molar-refractivity contribution >= 4 is 11.6 Å². The smallest absolute Gasteiger partial charge is 0.269 e. The summed E-state index contributed by atoms with van der Waals surface area (Å²) in [5.74, 6) is 0.793. The van der Waals surface area contributed by atoms with Crippen LogP contribution in [0, 0.1) is 10.1 Å². The van der Waals surface area contributed by atoms with Gasteiger partial charge in [0, 0.05) is 31.3 Å². The molecule has 0 spiro atoms. The van der Waals surface area contributed by atoms with Gasteiger partial charge in [-0.15, -0.1) is 0 Å². The monoisotopic (exact) mass is 318 g/mol. The minimum Gasteiger partial charge on any atom is -0.376 e. The molecule has 23 heavy (non-hydrogen) atoms. The molecule has 7 heteroatoms. The van der Waals surface area contributed by atoms with E-state index >= 15 is 0 Å². The molecule has 1 saturated heterocycles. The second-order valence-corrected chi connectivity index (χ2v) is 6.02. The van der Waals surface area contributed by atoms with Crippen molar-refractivity contribution in [3.05, 3.63) is 39.9 Å². The average Bonchev–Trinajstić information content (AvgIpc) is 3.22. The molecule has 0 aromatic heterocycles. The molecule has 1 atom stereocenters. The molecular formula is C16H22N4O3. The number of nitrogens with one attached hydrogen (secondary N) is 2. The number of nitrogens with zero attached hydrogens (tertiary/aromatic N) is 2. The summed E-state index contributed by atoms with van der Waals surface area (Å²) in [6, 6.07) is 7.03. The van der Waals surface area contributed by atoms with E-state index in [1.807, 2.05) is 0 Å². The van der Waals surface area contributed by atoms with Gasteiger partial charge in [-0.2, -0.15) is 0 Å². The molecular weight excluding hydrogens is 296 g/mol. The standard InChI is InChI=1S/C16H22N4O3/c21-20(22)14-7-3-12(4-8-14)10-17-16(19-13-5-6-13)18-11-15-2-1-9-23-15/h3-4,7-8,13,15H,1-2,5-6,9-11H2,(H2,17,18,19). The zero-order valence-electron chi connectivity index (χ0n) is 13.0. The lowest BCUT2D eigenvalue weighted by Gasteiger charge is -2.15. The molecule has 0 radical (unpaired) electrons. The Morgan fingerprint density at radius 3 is 2.70 bits per heavy atom.